The number of carbonyl (C=O) groups excluding carboxylic acids is 1. The molecule has 0 aromatic heterocycles. The van der Waals surface area contributed by atoms with Gasteiger partial charge in [0.2, 0.25) is 5.91 Å². The van der Waals surface area contributed by atoms with Gasteiger partial charge in [-0.1, -0.05) is 24.3 Å². The molecule has 2 rings (SSSR count). The van der Waals surface area contributed by atoms with Crippen molar-refractivity contribution in [1.29, 1.82) is 0 Å². The molecule has 0 aliphatic carbocycles. The number of rotatable bonds is 4. The van der Waals surface area contributed by atoms with Crippen molar-refractivity contribution in [3.63, 3.8) is 0 Å². The minimum atomic E-state index is -0.0185. The molecule has 0 saturated carbocycles. The lowest BCUT2D eigenvalue weighted by Gasteiger charge is -2.15. The summed E-state index contributed by atoms with van der Waals surface area (Å²) in [5.41, 5.74) is 7.83. The lowest BCUT2D eigenvalue weighted by molar-refractivity contribution is -0.126. The van der Waals surface area contributed by atoms with E-state index < -0.39 is 0 Å². The standard InChI is InChI=1S/C14H20N2O2/c1-10-13(6-7-18-10)14(17)16-9-12-5-3-2-4-11(12)8-15/h2-5,10,13H,6-9,15H2,1H3,(H,16,17). The Balaban J connectivity index is 1.93. The van der Waals surface area contributed by atoms with Crippen LogP contribution < -0.4 is 11.1 Å². The number of hydrogen-bond donors (Lipinski definition) is 2. The maximum atomic E-state index is 12.0. The Morgan fingerprint density at radius 3 is 2.78 bits per heavy atom. The topological polar surface area (TPSA) is 64.3 Å². The van der Waals surface area contributed by atoms with Crippen LogP contribution in [0.4, 0.5) is 0 Å². The maximum absolute atomic E-state index is 12.0. The molecule has 4 nitrogen and oxygen atoms in total. The van der Waals surface area contributed by atoms with Crippen LogP contribution in [0.5, 0.6) is 0 Å². The number of nitrogens with two attached hydrogens (primary N) is 1. The van der Waals surface area contributed by atoms with Gasteiger partial charge in [-0.3, -0.25) is 4.79 Å². The van der Waals surface area contributed by atoms with E-state index in [4.69, 9.17) is 10.5 Å². The van der Waals surface area contributed by atoms with Crippen molar-refractivity contribution >= 4 is 5.91 Å². The second-order valence-corrected chi connectivity index (χ2v) is 4.66. The molecule has 98 valence electrons. The van der Waals surface area contributed by atoms with Crippen molar-refractivity contribution in [3.05, 3.63) is 35.4 Å². The van der Waals surface area contributed by atoms with E-state index in [0.717, 1.165) is 17.5 Å². The van der Waals surface area contributed by atoms with Crippen LogP contribution in [0.1, 0.15) is 24.5 Å². The third kappa shape index (κ3) is 2.89. The van der Waals surface area contributed by atoms with Crippen LogP contribution in [-0.4, -0.2) is 18.6 Å². The third-order valence-corrected chi connectivity index (χ3v) is 3.50. The van der Waals surface area contributed by atoms with Gasteiger partial charge >= 0.3 is 0 Å². The third-order valence-electron chi connectivity index (χ3n) is 3.50. The predicted molar refractivity (Wildman–Crippen MR) is 69.7 cm³/mol. The lowest BCUT2D eigenvalue weighted by Crippen LogP contribution is -2.34. The summed E-state index contributed by atoms with van der Waals surface area (Å²) in [4.78, 5) is 12.0. The highest BCUT2D eigenvalue weighted by atomic mass is 16.5. The van der Waals surface area contributed by atoms with Crippen molar-refractivity contribution < 1.29 is 9.53 Å². The molecule has 2 atom stereocenters. The molecule has 1 aliphatic heterocycles. The molecule has 18 heavy (non-hydrogen) atoms. The minimum Gasteiger partial charge on any atom is -0.378 e. The first-order valence-electron chi connectivity index (χ1n) is 6.38. The number of hydrogen-bond acceptors (Lipinski definition) is 3. The van der Waals surface area contributed by atoms with E-state index in [2.05, 4.69) is 5.32 Å². The van der Waals surface area contributed by atoms with Gasteiger partial charge < -0.3 is 15.8 Å². The molecule has 3 N–H and O–H groups in total. The second kappa shape index (κ2) is 5.98. The molecule has 1 amide bonds. The Morgan fingerprint density at radius 1 is 1.44 bits per heavy atom. The molecule has 2 unspecified atom stereocenters. The smallest absolute Gasteiger partial charge is 0.226 e. The summed E-state index contributed by atoms with van der Waals surface area (Å²) in [6.45, 7) is 3.66. The molecular formula is C14H20N2O2. The first-order valence-corrected chi connectivity index (χ1v) is 6.38. The van der Waals surface area contributed by atoms with E-state index in [0.29, 0.717) is 19.7 Å². The van der Waals surface area contributed by atoms with E-state index in [1.54, 1.807) is 0 Å². The van der Waals surface area contributed by atoms with Gasteiger partial charge in [-0.25, -0.2) is 0 Å². The molecule has 1 aromatic carbocycles. The van der Waals surface area contributed by atoms with Crippen LogP contribution in [0.2, 0.25) is 0 Å². The quantitative estimate of drug-likeness (QED) is 0.841. The Kier molecular flexibility index (Phi) is 4.33. The van der Waals surface area contributed by atoms with E-state index >= 15 is 0 Å². The summed E-state index contributed by atoms with van der Waals surface area (Å²) in [6.07, 6.45) is 0.834. The molecule has 1 saturated heterocycles. The number of amides is 1. The fourth-order valence-electron chi connectivity index (χ4n) is 2.32. The van der Waals surface area contributed by atoms with E-state index in [1.807, 2.05) is 31.2 Å². The number of benzene rings is 1. The van der Waals surface area contributed by atoms with Gasteiger partial charge in [0.1, 0.15) is 0 Å². The van der Waals surface area contributed by atoms with Crippen molar-refractivity contribution in [3.8, 4) is 0 Å². The molecule has 4 heteroatoms. The van der Waals surface area contributed by atoms with Gasteiger partial charge in [0, 0.05) is 19.7 Å². The molecule has 0 bridgehead atoms. The van der Waals surface area contributed by atoms with E-state index in [9.17, 15) is 4.79 Å². The number of ether oxygens (including phenoxy) is 1. The summed E-state index contributed by atoms with van der Waals surface area (Å²) < 4.78 is 5.40. The first-order chi connectivity index (χ1) is 8.72. The summed E-state index contributed by atoms with van der Waals surface area (Å²) in [5.74, 6) is 0.0573. The fraction of sp³-hybridized carbons (Fsp3) is 0.500. The lowest BCUT2D eigenvalue weighted by atomic mass is 10.0. The van der Waals surface area contributed by atoms with Gasteiger partial charge in [0.15, 0.2) is 0 Å². The van der Waals surface area contributed by atoms with Crippen LogP contribution in [0.25, 0.3) is 0 Å². The van der Waals surface area contributed by atoms with Gasteiger partial charge in [-0.15, -0.1) is 0 Å². The average molecular weight is 248 g/mol. The average Bonchev–Trinajstić information content (AvgIpc) is 2.82. The Bertz CT molecular complexity index is 420. The molecule has 1 fully saturated rings. The SMILES string of the molecule is CC1OCCC1C(=O)NCc1ccccc1CN. The van der Waals surface area contributed by atoms with Crippen LogP contribution in [0.3, 0.4) is 0 Å². The van der Waals surface area contributed by atoms with E-state index in [-0.39, 0.29) is 17.9 Å². The van der Waals surface area contributed by atoms with Crippen LogP contribution >= 0.6 is 0 Å². The molecule has 1 heterocycles. The predicted octanol–water partition coefficient (Wildman–Crippen LogP) is 1.19. The van der Waals surface area contributed by atoms with E-state index in [1.165, 1.54) is 0 Å². The summed E-state index contributed by atoms with van der Waals surface area (Å²) in [5, 5.41) is 2.97. The molecular weight excluding hydrogens is 228 g/mol. The minimum absolute atomic E-state index is 0.0185. The maximum Gasteiger partial charge on any atom is 0.226 e. The second-order valence-electron chi connectivity index (χ2n) is 4.66. The fourth-order valence-corrected chi connectivity index (χ4v) is 2.32. The molecule has 1 aromatic rings. The van der Waals surface area contributed by atoms with Crippen molar-refractivity contribution in [2.24, 2.45) is 11.7 Å². The zero-order chi connectivity index (χ0) is 13.0. The van der Waals surface area contributed by atoms with Crippen LogP contribution in [0, 0.1) is 5.92 Å². The molecule has 0 radical (unpaired) electrons. The van der Waals surface area contributed by atoms with Gasteiger partial charge in [-0.05, 0) is 24.5 Å². The highest BCUT2D eigenvalue weighted by molar-refractivity contribution is 5.79. The van der Waals surface area contributed by atoms with Gasteiger partial charge in [0.25, 0.3) is 0 Å². The van der Waals surface area contributed by atoms with Crippen LogP contribution in [0.15, 0.2) is 24.3 Å². The van der Waals surface area contributed by atoms with Gasteiger partial charge in [0.05, 0.1) is 12.0 Å². The molecule has 0 spiro atoms. The van der Waals surface area contributed by atoms with Crippen LogP contribution in [-0.2, 0) is 22.6 Å². The highest BCUT2D eigenvalue weighted by Gasteiger charge is 2.30. The van der Waals surface area contributed by atoms with Gasteiger partial charge in [-0.2, -0.15) is 0 Å². The van der Waals surface area contributed by atoms with Crippen molar-refractivity contribution in [2.75, 3.05) is 6.61 Å². The molecule has 1 aliphatic rings. The summed E-state index contributed by atoms with van der Waals surface area (Å²) in [7, 11) is 0. The van der Waals surface area contributed by atoms with Crippen molar-refractivity contribution in [2.45, 2.75) is 32.5 Å². The largest absolute Gasteiger partial charge is 0.378 e. The summed E-state index contributed by atoms with van der Waals surface area (Å²) in [6, 6.07) is 7.90. The summed E-state index contributed by atoms with van der Waals surface area (Å²) >= 11 is 0. The number of nitrogens with one attached hydrogen (secondary N) is 1. The monoisotopic (exact) mass is 248 g/mol. The van der Waals surface area contributed by atoms with Crippen molar-refractivity contribution in [1.82, 2.24) is 5.32 Å². The zero-order valence-electron chi connectivity index (χ0n) is 10.7. The first kappa shape index (κ1) is 13.1. The highest BCUT2D eigenvalue weighted by Crippen LogP contribution is 2.20. The Labute approximate surface area is 108 Å². The Hall–Kier alpha value is -1.39. The number of carbonyl (C=O) groups is 1. The zero-order valence-corrected chi connectivity index (χ0v) is 10.7. The normalized spacial score (nSPS) is 23.0. The Morgan fingerprint density at radius 2 is 2.17 bits per heavy atom.